The summed E-state index contributed by atoms with van der Waals surface area (Å²) < 4.78 is 0.583. The average molecular weight is 401 g/mol. The Morgan fingerprint density at radius 3 is 2.80 bits per heavy atom. The van der Waals surface area contributed by atoms with Crippen LogP contribution in [-0.2, 0) is 9.59 Å². The van der Waals surface area contributed by atoms with Crippen molar-refractivity contribution in [1.29, 1.82) is 0 Å². The number of aliphatic hydroxyl groups is 1. The molecule has 0 bridgehead atoms. The maximum Gasteiger partial charge on any atom is 0.354 e. The molecular weight excluding hydrogens is 384 g/mol. The van der Waals surface area contributed by atoms with E-state index in [1.807, 2.05) is 0 Å². The average Bonchev–Trinajstić information content (AvgIpc) is 2.87. The fourth-order valence-corrected chi connectivity index (χ4v) is 6.48. The third-order valence-corrected chi connectivity index (χ3v) is 7.69. The van der Waals surface area contributed by atoms with E-state index in [1.165, 1.54) is 40.2 Å². The van der Waals surface area contributed by atoms with Gasteiger partial charge in [0.1, 0.15) is 16.1 Å². The van der Waals surface area contributed by atoms with Gasteiger partial charge in [0, 0.05) is 17.7 Å². The first-order chi connectivity index (χ1) is 11.9. The molecule has 10 heteroatoms. The maximum absolute atomic E-state index is 12.1. The maximum atomic E-state index is 12.1. The number of rotatable bonds is 7. The van der Waals surface area contributed by atoms with Crippen molar-refractivity contribution in [2.75, 3.05) is 11.5 Å². The summed E-state index contributed by atoms with van der Waals surface area (Å²) in [6.07, 6.45) is 0.795. The number of hydrogen-bond acceptors (Lipinski definition) is 8. The number of fused-ring (bicyclic) bond motifs is 1. The van der Waals surface area contributed by atoms with Crippen LogP contribution in [0.25, 0.3) is 0 Å². The third kappa shape index (κ3) is 3.48. The first kappa shape index (κ1) is 18.4. The molecule has 3 rings (SSSR count). The van der Waals surface area contributed by atoms with Gasteiger partial charge in [-0.05, 0) is 19.1 Å². The van der Waals surface area contributed by atoms with Crippen LogP contribution in [0.2, 0.25) is 0 Å². The van der Waals surface area contributed by atoms with Crippen molar-refractivity contribution in [3.05, 3.63) is 28.3 Å². The van der Waals surface area contributed by atoms with Gasteiger partial charge >= 0.3 is 5.97 Å². The molecule has 1 unspecified atom stereocenters. The number of aromatic hydroxyl groups is 1. The highest BCUT2D eigenvalue weighted by Crippen LogP contribution is 2.53. The number of carbonyl (C=O) groups is 2. The lowest BCUT2D eigenvalue weighted by Gasteiger charge is -2.43. The Morgan fingerprint density at radius 1 is 1.44 bits per heavy atom. The molecule has 1 aromatic rings. The van der Waals surface area contributed by atoms with Crippen molar-refractivity contribution in [3.63, 3.8) is 0 Å². The summed E-state index contributed by atoms with van der Waals surface area (Å²) in [4.78, 5) is 29.0. The number of carbonyl (C=O) groups excluding carboxylic acids is 1. The van der Waals surface area contributed by atoms with E-state index < -0.39 is 18.0 Å². The van der Waals surface area contributed by atoms with Crippen LogP contribution in [0.1, 0.15) is 6.92 Å². The van der Waals surface area contributed by atoms with Gasteiger partial charge in [0.05, 0.1) is 16.3 Å². The van der Waals surface area contributed by atoms with Crippen LogP contribution in [0.15, 0.2) is 33.3 Å². The van der Waals surface area contributed by atoms with E-state index in [0.717, 1.165) is 0 Å². The van der Waals surface area contributed by atoms with E-state index in [0.29, 0.717) is 20.8 Å². The van der Waals surface area contributed by atoms with E-state index in [-0.39, 0.29) is 22.7 Å². The Balaban J connectivity index is 1.61. The smallest absolute Gasteiger partial charge is 0.354 e. The Morgan fingerprint density at radius 2 is 2.16 bits per heavy atom. The fraction of sp³-hybridized carbons (Fsp3) is 0.400. The molecule has 1 fully saturated rings. The van der Waals surface area contributed by atoms with Gasteiger partial charge in [0.25, 0.3) is 0 Å². The molecule has 25 heavy (non-hydrogen) atoms. The number of carboxylic acid groups (broad SMARTS) is 1. The monoisotopic (exact) mass is 400 g/mol. The van der Waals surface area contributed by atoms with E-state index in [4.69, 9.17) is 0 Å². The summed E-state index contributed by atoms with van der Waals surface area (Å²) in [5.41, 5.74) is 0.00702. The van der Waals surface area contributed by atoms with Crippen molar-refractivity contribution in [3.8, 4) is 5.75 Å². The minimum absolute atomic E-state index is 0.00702. The third-order valence-electron chi connectivity index (χ3n) is 3.77. The van der Waals surface area contributed by atoms with Gasteiger partial charge in [-0.25, -0.2) is 9.78 Å². The van der Waals surface area contributed by atoms with Crippen LogP contribution in [0.5, 0.6) is 5.75 Å². The second kappa shape index (κ2) is 7.48. The standard InChI is InChI=1S/C15H16N2O5S3/c1-7(18)9-12(20)17-10(14(21)22)15(25-13(9)17)24-6-5-23-11-8(19)3-2-4-16-11/h2-4,7,9,13,18-19H,5-6H2,1H3,(H,21,22)/t7?,9-,13+/m0/s1. The van der Waals surface area contributed by atoms with E-state index >= 15 is 0 Å². The molecule has 2 aliphatic rings. The van der Waals surface area contributed by atoms with E-state index in [1.54, 1.807) is 25.3 Å². The topological polar surface area (TPSA) is 111 Å². The summed E-state index contributed by atoms with van der Waals surface area (Å²) in [7, 11) is 0. The van der Waals surface area contributed by atoms with Crippen LogP contribution >= 0.6 is 35.3 Å². The van der Waals surface area contributed by atoms with Gasteiger partial charge in [0.15, 0.2) is 5.70 Å². The lowest BCUT2D eigenvalue weighted by atomic mass is 9.92. The molecule has 3 atom stereocenters. The summed E-state index contributed by atoms with van der Waals surface area (Å²) in [5, 5.41) is 29.0. The summed E-state index contributed by atoms with van der Waals surface area (Å²) >= 11 is 4.07. The second-order valence-corrected chi connectivity index (χ2v) is 9.02. The lowest BCUT2D eigenvalue weighted by Crippen LogP contribution is -2.60. The second-order valence-electron chi connectivity index (χ2n) is 5.45. The van der Waals surface area contributed by atoms with Crippen molar-refractivity contribution < 1.29 is 24.9 Å². The minimum atomic E-state index is -1.13. The molecule has 1 amide bonds. The molecular formula is C15H16N2O5S3. The van der Waals surface area contributed by atoms with Crippen LogP contribution in [-0.4, -0.2) is 60.1 Å². The number of aliphatic carboxylic acids is 1. The number of hydrogen-bond donors (Lipinski definition) is 3. The summed E-state index contributed by atoms with van der Waals surface area (Å²) in [5.74, 6) is -0.679. The number of amides is 1. The zero-order valence-electron chi connectivity index (χ0n) is 13.2. The SMILES string of the molecule is CC(O)[C@H]1C(=O)N2C(C(=O)O)=C(SCCSc3ncccc3O)S[C@H]12. The number of carboxylic acids is 1. The van der Waals surface area contributed by atoms with E-state index in [9.17, 15) is 24.9 Å². The molecule has 0 spiro atoms. The first-order valence-electron chi connectivity index (χ1n) is 7.46. The molecule has 134 valence electrons. The molecule has 7 nitrogen and oxygen atoms in total. The quantitative estimate of drug-likeness (QED) is 0.358. The highest BCUT2D eigenvalue weighted by Gasteiger charge is 2.57. The van der Waals surface area contributed by atoms with Crippen LogP contribution in [0.3, 0.4) is 0 Å². The molecule has 2 aliphatic heterocycles. The molecule has 0 aliphatic carbocycles. The molecule has 3 N–H and O–H groups in total. The van der Waals surface area contributed by atoms with E-state index in [2.05, 4.69) is 4.98 Å². The number of pyridine rings is 1. The van der Waals surface area contributed by atoms with Crippen molar-refractivity contribution in [2.24, 2.45) is 5.92 Å². The Hall–Kier alpha value is -1.36. The zero-order valence-corrected chi connectivity index (χ0v) is 15.6. The number of β-lactam (4-membered cyclic amide) rings is 1. The number of aromatic nitrogens is 1. The van der Waals surface area contributed by atoms with Gasteiger partial charge in [-0.2, -0.15) is 0 Å². The largest absolute Gasteiger partial charge is 0.505 e. The van der Waals surface area contributed by atoms with Gasteiger partial charge in [0.2, 0.25) is 5.91 Å². The Kier molecular flexibility index (Phi) is 5.52. The Labute approximate surface area is 156 Å². The summed E-state index contributed by atoms with van der Waals surface area (Å²) in [6, 6.07) is 3.21. The van der Waals surface area contributed by atoms with Crippen molar-refractivity contribution in [1.82, 2.24) is 9.88 Å². The van der Waals surface area contributed by atoms with Crippen molar-refractivity contribution >= 4 is 47.2 Å². The van der Waals surface area contributed by atoms with Crippen LogP contribution in [0.4, 0.5) is 0 Å². The molecule has 1 saturated heterocycles. The van der Waals surface area contributed by atoms with Crippen molar-refractivity contribution in [2.45, 2.75) is 23.4 Å². The zero-order chi connectivity index (χ0) is 18.1. The predicted octanol–water partition coefficient (Wildman–Crippen LogP) is 1.78. The van der Waals surface area contributed by atoms with Gasteiger partial charge in [-0.15, -0.1) is 23.5 Å². The molecule has 0 aromatic carbocycles. The van der Waals surface area contributed by atoms with Crippen LogP contribution in [0, 0.1) is 5.92 Å². The first-order valence-corrected chi connectivity index (χ1v) is 10.3. The highest BCUT2D eigenvalue weighted by molar-refractivity contribution is 8.23. The Bertz CT molecular complexity index is 740. The molecule has 1 aromatic heterocycles. The van der Waals surface area contributed by atoms with Crippen LogP contribution < -0.4 is 0 Å². The fourth-order valence-electron chi connectivity index (χ4n) is 2.62. The van der Waals surface area contributed by atoms with Gasteiger partial charge < -0.3 is 15.3 Å². The van der Waals surface area contributed by atoms with Gasteiger partial charge in [-0.1, -0.05) is 11.8 Å². The number of nitrogens with zero attached hydrogens (tertiary/aromatic N) is 2. The normalized spacial score (nSPS) is 23.4. The number of thioether (sulfide) groups is 3. The molecule has 0 saturated carbocycles. The summed E-state index contributed by atoms with van der Waals surface area (Å²) in [6.45, 7) is 1.54. The highest BCUT2D eigenvalue weighted by atomic mass is 32.2. The molecule has 0 radical (unpaired) electrons. The number of aliphatic hydroxyl groups excluding tert-OH is 1. The van der Waals surface area contributed by atoms with Gasteiger partial charge in [-0.3, -0.25) is 9.69 Å². The predicted molar refractivity (Wildman–Crippen MR) is 97.1 cm³/mol. The molecule has 3 heterocycles. The minimum Gasteiger partial charge on any atom is -0.505 e. The lowest BCUT2D eigenvalue weighted by molar-refractivity contribution is -0.156.